The van der Waals surface area contributed by atoms with Crippen LogP contribution in [0.25, 0.3) is 0 Å². The van der Waals surface area contributed by atoms with E-state index in [4.69, 9.17) is 5.73 Å². The van der Waals surface area contributed by atoms with E-state index in [1.165, 1.54) is 0 Å². The lowest BCUT2D eigenvalue weighted by molar-refractivity contribution is -0.123. The van der Waals surface area contributed by atoms with E-state index in [9.17, 15) is 4.79 Å². The first-order valence-corrected chi connectivity index (χ1v) is 4.90. The summed E-state index contributed by atoms with van der Waals surface area (Å²) < 4.78 is 0. The van der Waals surface area contributed by atoms with Crippen molar-refractivity contribution >= 4 is 18.3 Å². The van der Waals surface area contributed by atoms with E-state index < -0.39 is 6.04 Å². The Morgan fingerprint density at radius 3 is 2.79 bits per heavy atom. The lowest BCUT2D eigenvalue weighted by Crippen LogP contribution is -2.54. The van der Waals surface area contributed by atoms with E-state index in [2.05, 4.69) is 17.6 Å². The van der Waals surface area contributed by atoms with Crippen LogP contribution in [0.2, 0.25) is 0 Å². The van der Waals surface area contributed by atoms with Crippen LogP contribution in [-0.4, -0.2) is 30.6 Å². The molecule has 0 radical (unpaired) electrons. The molecule has 4 nitrogen and oxygen atoms in total. The number of rotatable bonds is 2. The summed E-state index contributed by atoms with van der Waals surface area (Å²) in [6.45, 7) is 4.84. The summed E-state index contributed by atoms with van der Waals surface area (Å²) in [5, 5.41) is 6.26. The maximum atomic E-state index is 11.3. The zero-order valence-corrected chi connectivity index (χ0v) is 9.56. The number of nitrogens with two attached hydrogens (primary N) is 1. The van der Waals surface area contributed by atoms with Gasteiger partial charge in [0.05, 0.1) is 6.04 Å². The summed E-state index contributed by atoms with van der Waals surface area (Å²) >= 11 is 0. The van der Waals surface area contributed by atoms with Crippen molar-refractivity contribution in [3.05, 3.63) is 0 Å². The van der Waals surface area contributed by atoms with Crippen molar-refractivity contribution in [2.24, 2.45) is 5.73 Å². The number of amides is 1. The Balaban J connectivity index is 0.00000169. The molecule has 4 N–H and O–H groups in total. The van der Waals surface area contributed by atoms with Gasteiger partial charge in [0.15, 0.2) is 0 Å². The molecule has 0 bridgehead atoms. The smallest absolute Gasteiger partial charge is 0.236 e. The van der Waals surface area contributed by atoms with Gasteiger partial charge in [-0.15, -0.1) is 12.4 Å². The van der Waals surface area contributed by atoms with Gasteiger partial charge in [-0.3, -0.25) is 4.79 Å². The highest BCUT2D eigenvalue weighted by atomic mass is 35.5. The van der Waals surface area contributed by atoms with E-state index in [1.807, 2.05) is 0 Å². The molecule has 84 valence electrons. The van der Waals surface area contributed by atoms with Crippen molar-refractivity contribution < 1.29 is 4.79 Å². The van der Waals surface area contributed by atoms with E-state index >= 15 is 0 Å². The summed E-state index contributed by atoms with van der Waals surface area (Å²) in [7, 11) is 0. The molecule has 1 amide bonds. The molecule has 0 aliphatic carbocycles. The van der Waals surface area contributed by atoms with Gasteiger partial charge in [0.25, 0.3) is 0 Å². The standard InChI is InChI=1S/C9H19N3O.ClH/c1-6(10)9(13)12-8-4-3-5-11-7(8)2;/h6-8,11H,3-5,10H2,1-2H3,(H,12,13);1H/t6-,7?,8?;/m0./s1. The van der Waals surface area contributed by atoms with Gasteiger partial charge in [-0.25, -0.2) is 0 Å². The average molecular weight is 222 g/mol. The zero-order chi connectivity index (χ0) is 9.84. The summed E-state index contributed by atoms with van der Waals surface area (Å²) in [4.78, 5) is 11.3. The molecule has 0 aromatic carbocycles. The number of carbonyl (C=O) groups is 1. The van der Waals surface area contributed by atoms with Gasteiger partial charge in [0, 0.05) is 12.1 Å². The highest BCUT2D eigenvalue weighted by molar-refractivity contribution is 5.85. The maximum Gasteiger partial charge on any atom is 0.236 e. The molecule has 5 heteroatoms. The third-order valence-electron chi connectivity index (χ3n) is 2.50. The van der Waals surface area contributed by atoms with E-state index in [-0.39, 0.29) is 24.4 Å². The summed E-state index contributed by atoms with van der Waals surface area (Å²) in [6.07, 6.45) is 2.17. The minimum absolute atomic E-state index is 0. The third-order valence-corrected chi connectivity index (χ3v) is 2.50. The molecule has 0 saturated carbocycles. The van der Waals surface area contributed by atoms with Gasteiger partial charge in [-0.2, -0.15) is 0 Å². The Kier molecular flexibility index (Phi) is 6.08. The highest BCUT2D eigenvalue weighted by Crippen LogP contribution is 2.07. The third kappa shape index (κ3) is 3.82. The van der Waals surface area contributed by atoms with Crippen LogP contribution in [0.5, 0.6) is 0 Å². The van der Waals surface area contributed by atoms with Crippen LogP contribution in [0.3, 0.4) is 0 Å². The molecule has 0 aromatic rings. The second kappa shape index (κ2) is 6.22. The molecule has 1 aliphatic rings. The van der Waals surface area contributed by atoms with Crippen LogP contribution < -0.4 is 16.4 Å². The Morgan fingerprint density at radius 2 is 2.29 bits per heavy atom. The normalized spacial score (nSPS) is 28.8. The van der Waals surface area contributed by atoms with Gasteiger partial charge in [0.1, 0.15) is 0 Å². The molecule has 0 spiro atoms. The molecule has 1 saturated heterocycles. The monoisotopic (exact) mass is 221 g/mol. The maximum absolute atomic E-state index is 11.3. The summed E-state index contributed by atoms with van der Waals surface area (Å²) in [6, 6.07) is 0.192. The first-order valence-electron chi connectivity index (χ1n) is 4.90. The van der Waals surface area contributed by atoms with Crippen molar-refractivity contribution in [2.45, 2.75) is 44.8 Å². The predicted octanol–water partition coefficient (Wildman–Crippen LogP) is 0.0121. The van der Waals surface area contributed by atoms with Crippen LogP contribution >= 0.6 is 12.4 Å². The second-order valence-electron chi connectivity index (χ2n) is 3.79. The van der Waals surface area contributed by atoms with Crippen molar-refractivity contribution in [2.75, 3.05) is 6.54 Å². The minimum Gasteiger partial charge on any atom is -0.350 e. The number of nitrogens with one attached hydrogen (secondary N) is 2. The SMILES string of the molecule is CC1NCCCC1NC(=O)[C@H](C)N.Cl. The predicted molar refractivity (Wildman–Crippen MR) is 59.5 cm³/mol. The fourth-order valence-electron chi connectivity index (χ4n) is 1.56. The first kappa shape index (κ1) is 13.7. The van der Waals surface area contributed by atoms with E-state index in [1.54, 1.807) is 6.92 Å². The number of piperidine rings is 1. The van der Waals surface area contributed by atoms with Crippen molar-refractivity contribution in [3.63, 3.8) is 0 Å². The largest absolute Gasteiger partial charge is 0.350 e. The highest BCUT2D eigenvalue weighted by Gasteiger charge is 2.23. The van der Waals surface area contributed by atoms with Crippen LogP contribution in [0.1, 0.15) is 26.7 Å². The number of carbonyl (C=O) groups excluding carboxylic acids is 1. The average Bonchev–Trinajstić information content (AvgIpc) is 2.08. The van der Waals surface area contributed by atoms with Crippen molar-refractivity contribution in [1.82, 2.24) is 10.6 Å². The van der Waals surface area contributed by atoms with Crippen LogP contribution in [0.4, 0.5) is 0 Å². The number of halogens is 1. The number of hydrogen-bond acceptors (Lipinski definition) is 3. The minimum atomic E-state index is -0.408. The summed E-state index contributed by atoms with van der Waals surface area (Å²) in [5.74, 6) is -0.0550. The molecular formula is C9H20ClN3O. The van der Waals surface area contributed by atoms with Gasteiger partial charge >= 0.3 is 0 Å². The molecule has 1 aliphatic heterocycles. The van der Waals surface area contributed by atoms with Crippen LogP contribution in [-0.2, 0) is 4.79 Å². The lowest BCUT2D eigenvalue weighted by atomic mass is 9.99. The number of hydrogen-bond donors (Lipinski definition) is 3. The molecule has 3 atom stereocenters. The molecule has 1 rings (SSSR count). The Bertz CT molecular complexity index is 187. The van der Waals surface area contributed by atoms with E-state index in [0.717, 1.165) is 19.4 Å². The molecule has 0 aromatic heterocycles. The zero-order valence-electron chi connectivity index (χ0n) is 8.75. The first-order chi connectivity index (χ1) is 6.11. The van der Waals surface area contributed by atoms with Crippen molar-refractivity contribution in [3.8, 4) is 0 Å². The van der Waals surface area contributed by atoms with Crippen LogP contribution in [0.15, 0.2) is 0 Å². The molecular weight excluding hydrogens is 202 g/mol. The Morgan fingerprint density at radius 1 is 1.64 bits per heavy atom. The molecule has 14 heavy (non-hydrogen) atoms. The van der Waals surface area contributed by atoms with E-state index in [0.29, 0.717) is 6.04 Å². The van der Waals surface area contributed by atoms with Gasteiger partial charge in [-0.05, 0) is 33.2 Å². The second-order valence-corrected chi connectivity index (χ2v) is 3.79. The molecule has 2 unspecified atom stereocenters. The van der Waals surface area contributed by atoms with Gasteiger partial charge in [-0.1, -0.05) is 0 Å². The Labute approximate surface area is 91.4 Å². The Hall–Kier alpha value is -0.320. The van der Waals surface area contributed by atoms with Gasteiger partial charge in [0.2, 0.25) is 5.91 Å². The van der Waals surface area contributed by atoms with Crippen molar-refractivity contribution in [1.29, 1.82) is 0 Å². The topological polar surface area (TPSA) is 67.1 Å². The summed E-state index contributed by atoms with van der Waals surface area (Å²) in [5.41, 5.74) is 5.47. The van der Waals surface area contributed by atoms with Gasteiger partial charge < -0.3 is 16.4 Å². The fraction of sp³-hybridized carbons (Fsp3) is 0.889. The fourth-order valence-corrected chi connectivity index (χ4v) is 1.56. The quantitative estimate of drug-likeness (QED) is 0.616. The molecule has 1 heterocycles. The molecule has 1 fully saturated rings. The lowest BCUT2D eigenvalue weighted by Gasteiger charge is -2.31. The van der Waals surface area contributed by atoms with Crippen LogP contribution in [0, 0.1) is 0 Å².